The van der Waals surface area contributed by atoms with Crippen LogP contribution in [0.15, 0.2) is 16.5 Å². The summed E-state index contributed by atoms with van der Waals surface area (Å²) in [5.41, 5.74) is 5.54. The average Bonchev–Trinajstić information content (AvgIpc) is 2.52. The molecule has 7 heteroatoms. The standard InChI is InChI=1S/C7H10N2O4.ClH/c8-5(3-4-10)6-1-2-7(13-6)9(11)12;/h1-2,5,10H,3-4,8H2;1H/t5-;/m1./s1. The zero-order valence-corrected chi connectivity index (χ0v) is 8.07. The third-order valence-electron chi connectivity index (χ3n) is 1.60. The van der Waals surface area contributed by atoms with Gasteiger partial charge in [-0.05, 0) is 12.5 Å². The first-order chi connectivity index (χ1) is 6.15. The first kappa shape index (κ1) is 12.9. The molecule has 0 amide bonds. The highest BCUT2D eigenvalue weighted by atomic mass is 35.5. The van der Waals surface area contributed by atoms with Crippen LogP contribution in [0.2, 0.25) is 0 Å². The molecule has 3 N–H and O–H groups in total. The Balaban J connectivity index is 0.00000169. The highest BCUT2D eigenvalue weighted by molar-refractivity contribution is 5.85. The van der Waals surface area contributed by atoms with E-state index in [1.54, 1.807) is 0 Å². The van der Waals surface area contributed by atoms with Gasteiger partial charge in [-0.1, -0.05) is 0 Å². The van der Waals surface area contributed by atoms with E-state index < -0.39 is 11.0 Å². The maximum atomic E-state index is 10.2. The summed E-state index contributed by atoms with van der Waals surface area (Å²) in [6.45, 7) is -0.0737. The van der Waals surface area contributed by atoms with Crippen molar-refractivity contribution in [3.05, 3.63) is 28.0 Å². The molecule has 80 valence electrons. The van der Waals surface area contributed by atoms with Crippen molar-refractivity contribution < 1.29 is 14.4 Å². The van der Waals surface area contributed by atoms with Crippen molar-refractivity contribution in [1.29, 1.82) is 0 Å². The van der Waals surface area contributed by atoms with E-state index in [4.69, 9.17) is 15.3 Å². The molecule has 0 aliphatic rings. The van der Waals surface area contributed by atoms with E-state index in [0.717, 1.165) is 0 Å². The van der Waals surface area contributed by atoms with Crippen molar-refractivity contribution in [3.63, 3.8) is 0 Å². The average molecular weight is 223 g/mol. The van der Waals surface area contributed by atoms with Crippen LogP contribution in [-0.4, -0.2) is 16.6 Å². The lowest BCUT2D eigenvalue weighted by Crippen LogP contribution is -2.10. The fourth-order valence-electron chi connectivity index (χ4n) is 0.921. The van der Waals surface area contributed by atoms with Crippen LogP contribution in [0, 0.1) is 10.1 Å². The zero-order valence-electron chi connectivity index (χ0n) is 7.25. The monoisotopic (exact) mass is 222 g/mol. The Morgan fingerprint density at radius 3 is 2.71 bits per heavy atom. The lowest BCUT2D eigenvalue weighted by molar-refractivity contribution is -0.402. The highest BCUT2D eigenvalue weighted by Crippen LogP contribution is 2.21. The Morgan fingerprint density at radius 2 is 2.29 bits per heavy atom. The minimum atomic E-state index is -0.630. The van der Waals surface area contributed by atoms with Crippen molar-refractivity contribution in [1.82, 2.24) is 0 Å². The van der Waals surface area contributed by atoms with Gasteiger partial charge in [-0.25, -0.2) is 0 Å². The first-order valence-electron chi connectivity index (χ1n) is 3.75. The van der Waals surface area contributed by atoms with Crippen LogP contribution in [-0.2, 0) is 0 Å². The quantitative estimate of drug-likeness (QED) is 0.584. The number of nitrogens with zero attached hydrogens (tertiary/aromatic N) is 1. The third-order valence-corrected chi connectivity index (χ3v) is 1.60. The number of nitro groups is 1. The van der Waals surface area contributed by atoms with E-state index in [1.807, 2.05) is 0 Å². The van der Waals surface area contributed by atoms with Gasteiger partial charge < -0.3 is 15.3 Å². The minimum Gasteiger partial charge on any atom is -0.404 e. The van der Waals surface area contributed by atoms with Gasteiger partial charge in [-0.2, -0.15) is 0 Å². The Morgan fingerprint density at radius 1 is 1.64 bits per heavy atom. The second-order valence-corrected chi connectivity index (χ2v) is 2.55. The number of halogens is 1. The maximum absolute atomic E-state index is 10.2. The van der Waals surface area contributed by atoms with Gasteiger partial charge in [0.25, 0.3) is 0 Å². The maximum Gasteiger partial charge on any atom is 0.433 e. The molecule has 0 unspecified atom stereocenters. The van der Waals surface area contributed by atoms with Crippen LogP contribution in [0.25, 0.3) is 0 Å². The Bertz CT molecular complexity index is 302. The number of aliphatic hydroxyl groups excluding tert-OH is 1. The van der Waals surface area contributed by atoms with Crippen molar-refractivity contribution in [2.45, 2.75) is 12.5 Å². The van der Waals surface area contributed by atoms with E-state index in [0.29, 0.717) is 12.2 Å². The molecular formula is C7H11ClN2O4. The topological polar surface area (TPSA) is 103 Å². The molecule has 14 heavy (non-hydrogen) atoms. The summed E-state index contributed by atoms with van der Waals surface area (Å²) in [5, 5.41) is 18.8. The number of nitrogens with two attached hydrogens (primary N) is 1. The molecule has 1 aromatic rings. The number of hydrogen-bond donors (Lipinski definition) is 2. The van der Waals surface area contributed by atoms with Gasteiger partial charge in [0.1, 0.15) is 10.7 Å². The second kappa shape index (κ2) is 5.58. The number of rotatable bonds is 4. The van der Waals surface area contributed by atoms with Crippen LogP contribution < -0.4 is 5.73 Å². The van der Waals surface area contributed by atoms with Crippen LogP contribution in [0.3, 0.4) is 0 Å². The molecule has 0 aromatic carbocycles. The number of furan rings is 1. The predicted molar refractivity (Wildman–Crippen MR) is 51.2 cm³/mol. The largest absolute Gasteiger partial charge is 0.433 e. The number of hydrogen-bond acceptors (Lipinski definition) is 5. The summed E-state index contributed by atoms with van der Waals surface area (Å²) in [7, 11) is 0. The number of aliphatic hydroxyl groups is 1. The molecule has 0 saturated heterocycles. The summed E-state index contributed by atoms with van der Waals surface area (Å²) in [6.07, 6.45) is 0.324. The lowest BCUT2D eigenvalue weighted by atomic mass is 10.2. The molecule has 6 nitrogen and oxygen atoms in total. The molecule has 1 atom stereocenters. The summed E-state index contributed by atoms with van der Waals surface area (Å²) in [6, 6.07) is 2.20. The van der Waals surface area contributed by atoms with Gasteiger partial charge >= 0.3 is 5.88 Å². The lowest BCUT2D eigenvalue weighted by Gasteiger charge is -2.03. The summed E-state index contributed by atoms with van der Waals surface area (Å²) < 4.78 is 4.82. The molecule has 0 saturated carbocycles. The molecule has 0 aliphatic carbocycles. The van der Waals surface area contributed by atoms with Gasteiger partial charge in [0, 0.05) is 6.61 Å². The SMILES string of the molecule is Cl.N[C@H](CCO)c1ccc([N+](=O)[O-])o1. The molecule has 0 fully saturated rings. The molecule has 0 radical (unpaired) electrons. The van der Waals surface area contributed by atoms with Gasteiger partial charge in [0.2, 0.25) is 0 Å². The fourth-order valence-corrected chi connectivity index (χ4v) is 0.921. The summed E-state index contributed by atoms with van der Waals surface area (Å²) in [5.74, 6) is -0.0101. The summed E-state index contributed by atoms with van der Waals surface area (Å²) in [4.78, 5) is 9.59. The van der Waals surface area contributed by atoms with E-state index in [9.17, 15) is 10.1 Å². The van der Waals surface area contributed by atoms with E-state index in [-0.39, 0.29) is 24.9 Å². The Hall–Kier alpha value is -1.11. The molecule has 1 heterocycles. The molecule has 0 spiro atoms. The normalized spacial score (nSPS) is 11.9. The minimum absolute atomic E-state index is 0. The van der Waals surface area contributed by atoms with E-state index in [2.05, 4.69) is 0 Å². The highest BCUT2D eigenvalue weighted by Gasteiger charge is 2.15. The summed E-state index contributed by atoms with van der Waals surface area (Å²) >= 11 is 0. The predicted octanol–water partition coefficient (Wildman–Crippen LogP) is 0.992. The molecular weight excluding hydrogens is 212 g/mol. The van der Waals surface area contributed by atoms with Gasteiger partial charge in [0.15, 0.2) is 0 Å². The molecule has 1 aromatic heterocycles. The zero-order chi connectivity index (χ0) is 9.84. The van der Waals surface area contributed by atoms with Crippen molar-refractivity contribution in [2.75, 3.05) is 6.61 Å². The van der Waals surface area contributed by atoms with Crippen LogP contribution >= 0.6 is 12.4 Å². The van der Waals surface area contributed by atoms with Crippen LogP contribution in [0.4, 0.5) is 5.88 Å². The van der Waals surface area contributed by atoms with Gasteiger partial charge in [0.05, 0.1) is 12.1 Å². The van der Waals surface area contributed by atoms with Crippen molar-refractivity contribution in [3.8, 4) is 0 Å². The smallest absolute Gasteiger partial charge is 0.404 e. The van der Waals surface area contributed by atoms with Gasteiger partial charge in [-0.3, -0.25) is 10.1 Å². The third kappa shape index (κ3) is 2.99. The fraction of sp³-hybridized carbons (Fsp3) is 0.429. The van der Waals surface area contributed by atoms with Gasteiger partial charge in [-0.15, -0.1) is 12.4 Å². The first-order valence-corrected chi connectivity index (χ1v) is 3.75. The van der Waals surface area contributed by atoms with Crippen LogP contribution in [0.5, 0.6) is 0 Å². The molecule has 0 aliphatic heterocycles. The van der Waals surface area contributed by atoms with E-state index >= 15 is 0 Å². The molecule has 1 rings (SSSR count). The van der Waals surface area contributed by atoms with Crippen LogP contribution in [0.1, 0.15) is 18.2 Å². The second-order valence-electron chi connectivity index (χ2n) is 2.55. The van der Waals surface area contributed by atoms with Crippen molar-refractivity contribution in [2.24, 2.45) is 5.73 Å². The Labute approximate surface area is 86.3 Å². The molecule has 0 bridgehead atoms. The van der Waals surface area contributed by atoms with E-state index in [1.165, 1.54) is 12.1 Å². The van der Waals surface area contributed by atoms with Crippen molar-refractivity contribution >= 4 is 18.3 Å². The Kier molecular flexibility index (Phi) is 5.14.